The van der Waals surface area contributed by atoms with Crippen LogP contribution in [0.1, 0.15) is 37.1 Å². The minimum atomic E-state index is -0.150. The summed E-state index contributed by atoms with van der Waals surface area (Å²) in [7, 11) is 1.61. The molecule has 1 aliphatic heterocycles. The number of rotatable bonds is 7. The third kappa shape index (κ3) is 4.09. The van der Waals surface area contributed by atoms with Crippen LogP contribution in [0.25, 0.3) is 0 Å². The average Bonchev–Trinajstić information content (AvgIpc) is 3.03. The van der Waals surface area contributed by atoms with Crippen molar-refractivity contribution >= 4 is 17.7 Å². The Labute approximate surface area is 157 Å². The fraction of sp³-hybridized carbons (Fsp3) is 0.421. The van der Waals surface area contributed by atoms with Crippen LogP contribution in [0.2, 0.25) is 0 Å². The van der Waals surface area contributed by atoms with Gasteiger partial charge in [-0.2, -0.15) is 0 Å². The molecule has 26 heavy (non-hydrogen) atoms. The molecule has 0 saturated carbocycles. The number of hydrogen-bond donors (Lipinski definition) is 1. The van der Waals surface area contributed by atoms with Crippen molar-refractivity contribution in [2.45, 2.75) is 43.9 Å². The van der Waals surface area contributed by atoms with E-state index in [1.807, 2.05) is 24.3 Å². The molecule has 3 rings (SSSR count). The van der Waals surface area contributed by atoms with Gasteiger partial charge >= 0.3 is 0 Å². The largest absolute Gasteiger partial charge is 0.496 e. The second-order valence-corrected chi connectivity index (χ2v) is 7.23. The first-order chi connectivity index (χ1) is 12.6. The summed E-state index contributed by atoms with van der Waals surface area (Å²) in [6.45, 7) is 2.46. The Hall–Kier alpha value is -2.28. The van der Waals surface area contributed by atoms with Crippen molar-refractivity contribution in [3.63, 3.8) is 0 Å². The van der Waals surface area contributed by atoms with Crippen molar-refractivity contribution in [3.05, 3.63) is 51.9 Å². The predicted molar refractivity (Wildman–Crippen MR) is 102 cm³/mol. The number of nitrogens with one attached hydrogen (secondary N) is 1. The number of ether oxygens (including phenoxy) is 1. The Morgan fingerprint density at radius 1 is 1.42 bits per heavy atom. The highest BCUT2D eigenvalue weighted by Gasteiger charge is 2.27. The Balaban J connectivity index is 1.64. The lowest BCUT2D eigenvalue weighted by Gasteiger charge is -2.14. The molecule has 2 heterocycles. The van der Waals surface area contributed by atoms with E-state index in [0.29, 0.717) is 12.3 Å². The maximum Gasteiger partial charge on any atom is 0.254 e. The van der Waals surface area contributed by atoms with E-state index in [1.54, 1.807) is 29.5 Å². The first-order valence-corrected chi connectivity index (χ1v) is 9.74. The molecule has 2 aromatic rings. The van der Waals surface area contributed by atoms with E-state index >= 15 is 0 Å². The lowest BCUT2D eigenvalue weighted by atomic mass is 10.2. The zero-order valence-corrected chi connectivity index (χ0v) is 15.8. The minimum Gasteiger partial charge on any atom is -0.496 e. The van der Waals surface area contributed by atoms with E-state index in [0.717, 1.165) is 35.0 Å². The topological polar surface area (TPSA) is 73.2 Å². The second kappa shape index (κ2) is 8.40. The van der Waals surface area contributed by atoms with Crippen LogP contribution in [0.3, 0.4) is 0 Å². The summed E-state index contributed by atoms with van der Waals surface area (Å²) in [5, 5.41) is 3.64. The van der Waals surface area contributed by atoms with Gasteiger partial charge in [0.25, 0.3) is 5.56 Å². The van der Waals surface area contributed by atoms with Gasteiger partial charge in [-0.1, -0.05) is 43.3 Å². The predicted octanol–water partition coefficient (Wildman–Crippen LogP) is 2.56. The van der Waals surface area contributed by atoms with E-state index in [9.17, 15) is 9.59 Å². The number of carbonyl (C=O) groups excluding carboxylic acids is 1. The third-order valence-corrected chi connectivity index (χ3v) is 5.44. The van der Waals surface area contributed by atoms with E-state index in [4.69, 9.17) is 4.74 Å². The smallest absolute Gasteiger partial charge is 0.254 e. The van der Waals surface area contributed by atoms with E-state index in [2.05, 4.69) is 17.2 Å². The van der Waals surface area contributed by atoms with Crippen LogP contribution in [0.15, 0.2) is 40.3 Å². The van der Waals surface area contributed by atoms with Crippen molar-refractivity contribution in [1.82, 2.24) is 14.9 Å². The normalized spacial score (nSPS) is 15.5. The number of amides is 1. The average molecular weight is 373 g/mol. The number of aryl methyl sites for hydroxylation is 1. The zero-order chi connectivity index (χ0) is 18.5. The molecule has 1 aromatic carbocycles. The van der Waals surface area contributed by atoms with Crippen LogP contribution in [0.4, 0.5) is 0 Å². The SMILES string of the molecule is CCCc1cc(=O)n2c(n1)SCC2CC(=O)NCc1ccccc1OC. The molecule has 1 N–H and O–H groups in total. The summed E-state index contributed by atoms with van der Waals surface area (Å²) in [5.41, 5.74) is 1.69. The summed E-state index contributed by atoms with van der Waals surface area (Å²) in [6.07, 6.45) is 2.02. The van der Waals surface area contributed by atoms with Gasteiger partial charge in [-0.15, -0.1) is 0 Å². The number of nitrogens with zero attached hydrogens (tertiary/aromatic N) is 2. The van der Waals surface area contributed by atoms with Gasteiger partial charge in [0.15, 0.2) is 5.16 Å². The highest BCUT2D eigenvalue weighted by molar-refractivity contribution is 7.99. The van der Waals surface area contributed by atoms with Crippen LogP contribution in [-0.2, 0) is 17.8 Å². The quantitative estimate of drug-likeness (QED) is 0.755. The van der Waals surface area contributed by atoms with Crippen LogP contribution in [0, 0.1) is 0 Å². The minimum absolute atomic E-state index is 0.0639. The van der Waals surface area contributed by atoms with Crippen LogP contribution >= 0.6 is 11.8 Å². The van der Waals surface area contributed by atoms with Crippen molar-refractivity contribution in [2.75, 3.05) is 12.9 Å². The monoisotopic (exact) mass is 373 g/mol. The first-order valence-electron chi connectivity index (χ1n) is 8.76. The number of aromatic nitrogens is 2. The summed E-state index contributed by atoms with van der Waals surface area (Å²) >= 11 is 1.54. The van der Waals surface area contributed by atoms with Crippen LogP contribution < -0.4 is 15.6 Å². The molecule has 0 aliphatic carbocycles. The van der Waals surface area contributed by atoms with E-state index in [-0.39, 0.29) is 23.9 Å². The van der Waals surface area contributed by atoms with Crippen molar-refractivity contribution in [3.8, 4) is 5.75 Å². The van der Waals surface area contributed by atoms with Crippen molar-refractivity contribution in [1.29, 1.82) is 0 Å². The van der Waals surface area contributed by atoms with Gasteiger partial charge in [-0.25, -0.2) is 4.98 Å². The van der Waals surface area contributed by atoms with Gasteiger partial charge in [-0.3, -0.25) is 14.2 Å². The lowest BCUT2D eigenvalue weighted by Crippen LogP contribution is -2.30. The van der Waals surface area contributed by atoms with Gasteiger partial charge in [0.2, 0.25) is 5.91 Å². The molecule has 1 atom stereocenters. The van der Waals surface area contributed by atoms with Gasteiger partial charge in [0.1, 0.15) is 5.75 Å². The van der Waals surface area contributed by atoms with Gasteiger partial charge in [0, 0.05) is 36.0 Å². The molecule has 0 saturated heterocycles. The molecule has 7 heteroatoms. The van der Waals surface area contributed by atoms with E-state index in [1.165, 1.54) is 0 Å². The van der Waals surface area contributed by atoms with Crippen LogP contribution in [-0.4, -0.2) is 28.3 Å². The van der Waals surface area contributed by atoms with Crippen molar-refractivity contribution < 1.29 is 9.53 Å². The molecular weight excluding hydrogens is 350 g/mol. The summed E-state index contributed by atoms with van der Waals surface area (Å²) in [5.74, 6) is 1.36. The maximum atomic E-state index is 12.4. The molecule has 0 radical (unpaired) electrons. The standard InChI is InChI=1S/C19H23N3O3S/c1-3-6-14-9-18(24)22-15(12-26-19(22)21-14)10-17(23)20-11-13-7-4-5-8-16(13)25-2/h4-5,7-9,15H,3,6,10-12H2,1-2H3,(H,20,23). The molecule has 6 nitrogen and oxygen atoms in total. The number of carbonyl (C=O) groups is 1. The molecule has 1 aliphatic rings. The molecular formula is C19H23N3O3S. The molecule has 1 amide bonds. The summed E-state index contributed by atoms with van der Waals surface area (Å²) in [6, 6.07) is 9.03. The fourth-order valence-electron chi connectivity index (χ4n) is 3.06. The Kier molecular flexibility index (Phi) is 5.98. The number of hydrogen-bond acceptors (Lipinski definition) is 5. The van der Waals surface area contributed by atoms with Crippen LogP contribution in [0.5, 0.6) is 5.75 Å². The summed E-state index contributed by atoms with van der Waals surface area (Å²) < 4.78 is 6.96. The Bertz CT molecular complexity index is 850. The molecule has 138 valence electrons. The lowest BCUT2D eigenvalue weighted by molar-refractivity contribution is -0.121. The Morgan fingerprint density at radius 2 is 2.23 bits per heavy atom. The third-order valence-electron chi connectivity index (χ3n) is 4.34. The highest BCUT2D eigenvalue weighted by atomic mass is 32.2. The number of para-hydroxylation sites is 1. The maximum absolute atomic E-state index is 12.4. The number of benzene rings is 1. The van der Waals surface area contributed by atoms with Crippen molar-refractivity contribution in [2.24, 2.45) is 0 Å². The molecule has 1 unspecified atom stereocenters. The number of thioether (sulfide) groups is 1. The highest BCUT2D eigenvalue weighted by Crippen LogP contribution is 2.32. The van der Waals surface area contributed by atoms with Gasteiger partial charge in [0.05, 0.1) is 13.2 Å². The second-order valence-electron chi connectivity index (χ2n) is 6.25. The molecule has 1 aromatic heterocycles. The van der Waals surface area contributed by atoms with Gasteiger partial charge in [-0.05, 0) is 12.5 Å². The number of methoxy groups -OCH3 is 1. The molecule has 0 bridgehead atoms. The molecule has 0 fully saturated rings. The number of fused-ring (bicyclic) bond motifs is 1. The zero-order valence-electron chi connectivity index (χ0n) is 15.0. The molecule has 0 spiro atoms. The summed E-state index contributed by atoms with van der Waals surface area (Å²) in [4.78, 5) is 29.3. The van der Waals surface area contributed by atoms with Gasteiger partial charge < -0.3 is 10.1 Å². The first kappa shape index (κ1) is 18.5. The Morgan fingerprint density at radius 3 is 3.00 bits per heavy atom. The fourth-order valence-corrected chi connectivity index (χ4v) is 4.23. The van der Waals surface area contributed by atoms with E-state index < -0.39 is 0 Å².